The maximum absolute atomic E-state index is 12.6. The van der Waals surface area contributed by atoms with Gasteiger partial charge >= 0.3 is 0 Å². The zero-order valence-electron chi connectivity index (χ0n) is 15.7. The van der Waals surface area contributed by atoms with Crippen molar-refractivity contribution in [1.29, 1.82) is 0 Å². The van der Waals surface area contributed by atoms with E-state index in [1.807, 2.05) is 0 Å². The van der Waals surface area contributed by atoms with E-state index in [9.17, 15) is 18.0 Å². The number of sulfonamides is 1. The summed E-state index contributed by atoms with van der Waals surface area (Å²) in [6, 6.07) is 9.94. The third-order valence-electron chi connectivity index (χ3n) is 4.51. The highest BCUT2D eigenvalue weighted by Crippen LogP contribution is 2.28. The molecule has 0 radical (unpaired) electrons. The SMILES string of the molecule is CNC(=O)c1ccc(/C=C/C(=O)N2CCN(S(=O)(=O)c3ccc(Cl)s3)CC2)cc1. The number of hydrogen-bond acceptors (Lipinski definition) is 5. The predicted octanol–water partition coefficient (Wildman–Crippen LogP) is 2.31. The van der Waals surface area contributed by atoms with Crippen LogP contribution in [-0.2, 0) is 14.8 Å². The van der Waals surface area contributed by atoms with Crippen LogP contribution >= 0.6 is 22.9 Å². The molecule has 29 heavy (non-hydrogen) atoms. The lowest BCUT2D eigenvalue weighted by molar-refractivity contribution is -0.127. The topological polar surface area (TPSA) is 86.8 Å². The van der Waals surface area contributed by atoms with E-state index >= 15 is 0 Å². The van der Waals surface area contributed by atoms with Crippen LogP contribution in [0, 0.1) is 0 Å². The fraction of sp³-hybridized carbons (Fsp3) is 0.263. The van der Waals surface area contributed by atoms with Crippen molar-refractivity contribution in [3.63, 3.8) is 0 Å². The lowest BCUT2D eigenvalue weighted by Crippen LogP contribution is -2.50. The molecule has 1 aliphatic rings. The van der Waals surface area contributed by atoms with Crippen LogP contribution in [0.15, 0.2) is 46.7 Å². The van der Waals surface area contributed by atoms with Crippen LogP contribution in [0.1, 0.15) is 15.9 Å². The molecular formula is C19H20ClN3O4S2. The van der Waals surface area contributed by atoms with Crippen LogP contribution in [0.25, 0.3) is 6.08 Å². The van der Waals surface area contributed by atoms with Gasteiger partial charge in [0.1, 0.15) is 4.21 Å². The molecule has 1 aromatic carbocycles. The predicted molar refractivity (Wildman–Crippen MR) is 114 cm³/mol. The van der Waals surface area contributed by atoms with Crippen LogP contribution in [0.5, 0.6) is 0 Å². The van der Waals surface area contributed by atoms with Gasteiger partial charge in [-0.3, -0.25) is 9.59 Å². The number of nitrogens with one attached hydrogen (secondary N) is 1. The second kappa shape index (κ2) is 9.08. The minimum absolute atomic E-state index is 0.172. The lowest BCUT2D eigenvalue weighted by atomic mass is 10.1. The Balaban J connectivity index is 1.57. The molecule has 1 aliphatic heterocycles. The molecule has 1 saturated heterocycles. The quantitative estimate of drug-likeness (QED) is 0.704. The molecular weight excluding hydrogens is 434 g/mol. The molecule has 0 saturated carbocycles. The number of nitrogens with zero attached hydrogens (tertiary/aromatic N) is 2. The Labute approximate surface area is 178 Å². The van der Waals surface area contributed by atoms with E-state index in [0.717, 1.165) is 16.9 Å². The molecule has 1 aromatic heterocycles. The van der Waals surface area contributed by atoms with E-state index in [-0.39, 0.29) is 29.1 Å². The van der Waals surface area contributed by atoms with Gasteiger partial charge in [-0.1, -0.05) is 23.7 Å². The second-order valence-corrected chi connectivity index (χ2v) is 10.2. The minimum atomic E-state index is -3.58. The number of halogens is 1. The van der Waals surface area contributed by atoms with Gasteiger partial charge in [-0.25, -0.2) is 8.42 Å². The maximum Gasteiger partial charge on any atom is 0.252 e. The third kappa shape index (κ3) is 5.05. The summed E-state index contributed by atoms with van der Waals surface area (Å²) in [5.41, 5.74) is 1.34. The van der Waals surface area contributed by atoms with E-state index in [0.29, 0.717) is 23.0 Å². The molecule has 10 heteroatoms. The molecule has 0 bridgehead atoms. The fourth-order valence-electron chi connectivity index (χ4n) is 2.88. The number of rotatable bonds is 5. The number of benzene rings is 1. The molecule has 0 spiro atoms. The highest BCUT2D eigenvalue weighted by Gasteiger charge is 2.30. The van der Waals surface area contributed by atoms with Gasteiger partial charge < -0.3 is 10.2 Å². The molecule has 154 valence electrons. The first-order chi connectivity index (χ1) is 13.8. The minimum Gasteiger partial charge on any atom is -0.355 e. The van der Waals surface area contributed by atoms with E-state index in [2.05, 4.69) is 5.32 Å². The summed E-state index contributed by atoms with van der Waals surface area (Å²) >= 11 is 6.87. The highest BCUT2D eigenvalue weighted by molar-refractivity contribution is 7.91. The summed E-state index contributed by atoms with van der Waals surface area (Å²) in [6.45, 7) is 1.10. The van der Waals surface area contributed by atoms with Gasteiger partial charge in [-0.2, -0.15) is 4.31 Å². The van der Waals surface area contributed by atoms with Crippen molar-refractivity contribution >= 4 is 50.9 Å². The van der Waals surface area contributed by atoms with Gasteiger partial charge in [0.2, 0.25) is 5.91 Å². The zero-order chi connectivity index (χ0) is 21.0. The Morgan fingerprint density at radius 1 is 1.07 bits per heavy atom. The van der Waals surface area contributed by atoms with E-state index in [1.54, 1.807) is 48.4 Å². The average molecular weight is 454 g/mol. The van der Waals surface area contributed by atoms with E-state index < -0.39 is 10.0 Å². The molecule has 0 unspecified atom stereocenters. The van der Waals surface area contributed by atoms with Crippen molar-refractivity contribution in [3.05, 3.63) is 57.9 Å². The Morgan fingerprint density at radius 3 is 2.28 bits per heavy atom. The standard InChI is InChI=1S/C19H20ClN3O4S2/c1-21-19(25)15-5-2-14(3-6-15)4-8-17(24)22-10-12-23(13-11-22)29(26,27)18-9-7-16(20)28-18/h2-9H,10-13H2,1H3,(H,21,25)/b8-4+. The number of carbonyl (C=O) groups excluding carboxylic acids is 2. The third-order valence-corrected chi connectivity index (χ3v) is 8.11. The van der Waals surface area contributed by atoms with Crippen molar-refractivity contribution in [2.75, 3.05) is 33.2 Å². The molecule has 2 amide bonds. The van der Waals surface area contributed by atoms with Gasteiger partial charge in [0.05, 0.1) is 4.34 Å². The fourth-order valence-corrected chi connectivity index (χ4v) is 5.93. The smallest absolute Gasteiger partial charge is 0.252 e. The first-order valence-corrected chi connectivity index (χ1v) is 11.5. The van der Waals surface area contributed by atoms with Crippen LogP contribution in [0.4, 0.5) is 0 Å². The highest BCUT2D eigenvalue weighted by atomic mass is 35.5. The average Bonchev–Trinajstić information content (AvgIpc) is 3.19. The first-order valence-electron chi connectivity index (χ1n) is 8.86. The monoisotopic (exact) mass is 453 g/mol. The molecule has 7 nitrogen and oxygen atoms in total. The van der Waals surface area contributed by atoms with Crippen molar-refractivity contribution in [2.45, 2.75) is 4.21 Å². The molecule has 1 N–H and O–H groups in total. The Kier molecular flexibility index (Phi) is 6.74. The number of thiophene rings is 1. The summed E-state index contributed by atoms with van der Waals surface area (Å²) in [7, 11) is -2.02. The summed E-state index contributed by atoms with van der Waals surface area (Å²) in [6.07, 6.45) is 3.13. The van der Waals surface area contributed by atoms with Crippen LogP contribution in [-0.4, -0.2) is 62.7 Å². The van der Waals surface area contributed by atoms with Crippen molar-refractivity contribution in [2.24, 2.45) is 0 Å². The molecule has 2 heterocycles. The molecule has 0 aliphatic carbocycles. The number of carbonyl (C=O) groups is 2. The summed E-state index contributed by atoms with van der Waals surface area (Å²) in [5.74, 6) is -0.356. The summed E-state index contributed by atoms with van der Waals surface area (Å²) in [5, 5.41) is 2.55. The molecule has 1 fully saturated rings. The largest absolute Gasteiger partial charge is 0.355 e. The molecule has 3 rings (SSSR count). The van der Waals surface area contributed by atoms with Crippen LogP contribution in [0.2, 0.25) is 4.34 Å². The molecule has 0 atom stereocenters. The normalized spacial score (nSPS) is 15.6. The summed E-state index contributed by atoms with van der Waals surface area (Å²) in [4.78, 5) is 25.6. The number of piperazine rings is 1. The zero-order valence-corrected chi connectivity index (χ0v) is 18.1. The van der Waals surface area contributed by atoms with Crippen LogP contribution < -0.4 is 5.32 Å². The van der Waals surface area contributed by atoms with Gasteiger partial charge in [-0.15, -0.1) is 11.3 Å². The molecule has 2 aromatic rings. The van der Waals surface area contributed by atoms with E-state index in [4.69, 9.17) is 11.6 Å². The van der Waals surface area contributed by atoms with Gasteiger partial charge in [-0.05, 0) is 35.9 Å². The Morgan fingerprint density at radius 2 is 1.72 bits per heavy atom. The maximum atomic E-state index is 12.6. The van der Waals surface area contributed by atoms with Gasteiger partial charge in [0.25, 0.3) is 15.9 Å². The summed E-state index contributed by atoms with van der Waals surface area (Å²) < 4.78 is 27.2. The number of amides is 2. The van der Waals surface area contributed by atoms with Crippen molar-refractivity contribution in [3.8, 4) is 0 Å². The van der Waals surface area contributed by atoms with E-state index in [1.165, 1.54) is 16.4 Å². The van der Waals surface area contributed by atoms with Crippen LogP contribution in [0.3, 0.4) is 0 Å². The number of hydrogen-bond donors (Lipinski definition) is 1. The van der Waals surface area contributed by atoms with Gasteiger partial charge in [0, 0.05) is 44.9 Å². The lowest BCUT2D eigenvalue weighted by Gasteiger charge is -2.33. The Bertz CT molecular complexity index is 1020. The van der Waals surface area contributed by atoms with Gasteiger partial charge in [0.15, 0.2) is 0 Å². The van der Waals surface area contributed by atoms with Crippen molar-refractivity contribution in [1.82, 2.24) is 14.5 Å². The Hall–Kier alpha value is -2.20. The first kappa shape index (κ1) is 21.5. The van der Waals surface area contributed by atoms with Crippen molar-refractivity contribution < 1.29 is 18.0 Å². The second-order valence-electron chi connectivity index (χ2n) is 6.32.